The van der Waals surface area contributed by atoms with Crippen molar-refractivity contribution in [2.75, 3.05) is 0 Å². The predicted molar refractivity (Wildman–Crippen MR) is 147 cm³/mol. The lowest BCUT2D eigenvalue weighted by atomic mass is 10.0. The van der Waals surface area contributed by atoms with Crippen LogP contribution in [0.15, 0.2) is 106 Å². The van der Waals surface area contributed by atoms with E-state index in [2.05, 4.69) is 10.5 Å². The molecule has 0 bridgehead atoms. The van der Waals surface area contributed by atoms with Gasteiger partial charge in [0.25, 0.3) is 5.91 Å². The molecule has 0 saturated carbocycles. The molecular weight excluding hydrogens is 462 g/mol. The molecule has 1 amide bonds. The van der Waals surface area contributed by atoms with Crippen molar-refractivity contribution < 1.29 is 9.21 Å². The van der Waals surface area contributed by atoms with Gasteiger partial charge in [0.1, 0.15) is 11.8 Å². The predicted octanol–water partition coefficient (Wildman–Crippen LogP) is 6.16. The second-order valence-electron chi connectivity index (χ2n) is 8.76. The molecule has 6 heteroatoms. The standard InChI is InChI=1S/C31H25N3O3/c1-3-21-11-14-29-26(15-21)30(35)25(19-37-29)18-32-34-31(36)24-16-27(22-7-5-4-6-8-22)33-28(17-24)23-12-9-20(2)10-13-23/h4-19H,3H2,1-2H3,(H,34,36)/b32-18+. The van der Waals surface area contributed by atoms with E-state index < -0.39 is 5.91 Å². The van der Waals surface area contributed by atoms with Crippen LogP contribution in [0, 0.1) is 6.92 Å². The number of hydrogen-bond donors (Lipinski definition) is 1. The van der Waals surface area contributed by atoms with E-state index >= 15 is 0 Å². The van der Waals surface area contributed by atoms with Gasteiger partial charge in [-0.15, -0.1) is 0 Å². The highest BCUT2D eigenvalue weighted by atomic mass is 16.3. The van der Waals surface area contributed by atoms with Crippen molar-refractivity contribution in [3.8, 4) is 22.5 Å². The van der Waals surface area contributed by atoms with Crippen LogP contribution in [0.3, 0.4) is 0 Å². The van der Waals surface area contributed by atoms with Crippen molar-refractivity contribution in [1.29, 1.82) is 0 Å². The Balaban J connectivity index is 1.45. The molecule has 0 aliphatic heterocycles. The summed E-state index contributed by atoms with van der Waals surface area (Å²) in [4.78, 5) is 30.8. The number of rotatable bonds is 6. The van der Waals surface area contributed by atoms with Crippen LogP contribution in [0.5, 0.6) is 0 Å². The minimum Gasteiger partial charge on any atom is -0.463 e. The van der Waals surface area contributed by atoms with E-state index in [-0.39, 0.29) is 11.0 Å². The molecule has 2 aromatic heterocycles. The highest BCUT2D eigenvalue weighted by Gasteiger charge is 2.13. The number of pyridine rings is 1. The second kappa shape index (κ2) is 10.4. The van der Waals surface area contributed by atoms with Gasteiger partial charge < -0.3 is 4.42 Å². The van der Waals surface area contributed by atoms with E-state index in [0.29, 0.717) is 27.9 Å². The number of nitrogens with one attached hydrogen (secondary N) is 1. The lowest BCUT2D eigenvalue weighted by Crippen LogP contribution is -2.19. The van der Waals surface area contributed by atoms with E-state index in [0.717, 1.165) is 28.7 Å². The van der Waals surface area contributed by atoms with Gasteiger partial charge in [0, 0.05) is 16.7 Å². The molecule has 2 heterocycles. The van der Waals surface area contributed by atoms with Crippen molar-refractivity contribution in [3.05, 3.63) is 124 Å². The number of aryl methyl sites for hydroxylation is 2. The highest BCUT2D eigenvalue weighted by Crippen LogP contribution is 2.25. The smallest absolute Gasteiger partial charge is 0.271 e. The molecule has 5 rings (SSSR count). The Morgan fingerprint density at radius 3 is 2.35 bits per heavy atom. The summed E-state index contributed by atoms with van der Waals surface area (Å²) in [6.45, 7) is 4.05. The average molecular weight is 488 g/mol. The van der Waals surface area contributed by atoms with E-state index in [1.807, 2.05) is 80.6 Å². The van der Waals surface area contributed by atoms with Gasteiger partial charge in [-0.25, -0.2) is 10.4 Å². The number of amides is 1. The Morgan fingerprint density at radius 2 is 1.65 bits per heavy atom. The summed E-state index contributed by atoms with van der Waals surface area (Å²) in [5.74, 6) is -0.414. The highest BCUT2D eigenvalue weighted by molar-refractivity contribution is 5.97. The fraction of sp³-hybridized carbons (Fsp3) is 0.0968. The summed E-state index contributed by atoms with van der Waals surface area (Å²) >= 11 is 0. The molecule has 0 aliphatic carbocycles. The van der Waals surface area contributed by atoms with Gasteiger partial charge in [-0.1, -0.05) is 73.2 Å². The molecule has 0 unspecified atom stereocenters. The quantitative estimate of drug-likeness (QED) is 0.230. The van der Waals surface area contributed by atoms with Gasteiger partial charge in [-0.3, -0.25) is 9.59 Å². The lowest BCUT2D eigenvalue weighted by Gasteiger charge is -2.09. The van der Waals surface area contributed by atoms with Crippen molar-refractivity contribution in [2.24, 2.45) is 5.10 Å². The first-order chi connectivity index (χ1) is 18.0. The Hall–Kier alpha value is -4.84. The summed E-state index contributed by atoms with van der Waals surface area (Å²) in [6, 6.07) is 26.7. The van der Waals surface area contributed by atoms with E-state index in [9.17, 15) is 9.59 Å². The number of fused-ring (bicyclic) bond motifs is 1. The maximum absolute atomic E-state index is 13.1. The number of carbonyl (C=O) groups is 1. The van der Waals surface area contributed by atoms with Crippen LogP contribution >= 0.6 is 0 Å². The fourth-order valence-corrected chi connectivity index (χ4v) is 4.02. The van der Waals surface area contributed by atoms with Gasteiger partial charge in [-0.05, 0) is 43.2 Å². The molecule has 0 atom stereocenters. The summed E-state index contributed by atoms with van der Waals surface area (Å²) in [7, 11) is 0. The first-order valence-corrected chi connectivity index (χ1v) is 12.0. The third-order valence-electron chi connectivity index (χ3n) is 6.15. The van der Waals surface area contributed by atoms with Crippen molar-refractivity contribution in [1.82, 2.24) is 10.4 Å². The van der Waals surface area contributed by atoms with Gasteiger partial charge in [0.2, 0.25) is 5.43 Å². The Morgan fingerprint density at radius 1 is 0.946 bits per heavy atom. The molecule has 37 heavy (non-hydrogen) atoms. The zero-order chi connectivity index (χ0) is 25.8. The molecule has 0 aliphatic rings. The SMILES string of the molecule is CCc1ccc2occ(/C=N/NC(=O)c3cc(-c4ccccc4)nc(-c4ccc(C)cc4)c3)c(=O)c2c1. The van der Waals surface area contributed by atoms with Gasteiger partial charge in [0.05, 0.1) is 28.6 Å². The fourth-order valence-electron chi connectivity index (χ4n) is 4.02. The van der Waals surface area contributed by atoms with Crippen LogP contribution in [0.4, 0.5) is 0 Å². The molecule has 5 aromatic rings. The van der Waals surface area contributed by atoms with Crippen LogP contribution in [-0.4, -0.2) is 17.1 Å². The molecular formula is C31H25N3O3. The first-order valence-electron chi connectivity index (χ1n) is 12.0. The van der Waals surface area contributed by atoms with E-state index in [4.69, 9.17) is 9.40 Å². The zero-order valence-electron chi connectivity index (χ0n) is 20.6. The lowest BCUT2D eigenvalue weighted by molar-refractivity contribution is 0.0955. The summed E-state index contributed by atoms with van der Waals surface area (Å²) in [5.41, 5.74) is 8.83. The Kier molecular flexibility index (Phi) is 6.72. The third-order valence-corrected chi connectivity index (χ3v) is 6.15. The summed E-state index contributed by atoms with van der Waals surface area (Å²) in [6.07, 6.45) is 3.47. The maximum Gasteiger partial charge on any atom is 0.271 e. The van der Waals surface area contributed by atoms with Crippen molar-refractivity contribution in [3.63, 3.8) is 0 Å². The van der Waals surface area contributed by atoms with E-state index in [1.165, 1.54) is 12.5 Å². The topological polar surface area (TPSA) is 84.6 Å². The second-order valence-corrected chi connectivity index (χ2v) is 8.76. The van der Waals surface area contributed by atoms with Gasteiger partial charge >= 0.3 is 0 Å². The molecule has 182 valence electrons. The van der Waals surface area contributed by atoms with Gasteiger partial charge in [0.15, 0.2) is 0 Å². The minimum atomic E-state index is -0.414. The molecule has 6 nitrogen and oxygen atoms in total. The molecule has 0 fully saturated rings. The Bertz CT molecular complexity index is 1670. The van der Waals surface area contributed by atoms with Crippen LogP contribution < -0.4 is 10.9 Å². The molecule has 0 spiro atoms. The van der Waals surface area contributed by atoms with Crippen molar-refractivity contribution >= 4 is 23.1 Å². The van der Waals surface area contributed by atoms with Crippen LogP contribution in [0.25, 0.3) is 33.5 Å². The van der Waals surface area contributed by atoms with Gasteiger partial charge in [-0.2, -0.15) is 5.10 Å². The van der Waals surface area contributed by atoms with Crippen molar-refractivity contribution in [2.45, 2.75) is 20.3 Å². The summed E-state index contributed by atoms with van der Waals surface area (Å²) < 4.78 is 5.59. The Labute approximate surface area is 214 Å². The number of benzene rings is 3. The monoisotopic (exact) mass is 487 g/mol. The average Bonchev–Trinajstić information content (AvgIpc) is 2.94. The number of carbonyl (C=O) groups excluding carboxylic acids is 1. The number of nitrogens with zero attached hydrogens (tertiary/aromatic N) is 2. The molecule has 1 N–H and O–H groups in total. The van der Waals surface area contributed by atoms with Crippen LogP contribution in [-0.2, 0) is 6.42 Å². The van der Waals surface area contributed by atoms with Crippen LogP contribution in [0.2, 0.25) is 0 Å². The number of hydrazone groups is 1. The largest absolute Gasteiger partial charge is 0.463 e. The normalized spacial score (nSPS) is 11.2. The minimum absolute atomic E-state index is 0.202. The zero-order valence-corrected chi connectivity index (χ0v) is 20.6. The summed E-state index contributed by atoms with van der Waals surface area (Å²) in [5, 5.41) is 4.52. The number of hydrogen-bond acceptors (Lipinski definition) is 5. The number of aromatic nitrogens is 1. The molecule has 3 aromatic carbocycles. The van der Waals surface area contributed by atoms with Crippen LogP contribution in [0.1, 0.15) is 34.0 Å². The third kappa shape index (κ3) is 5.23. The van der Waals surface area contributed by atoms with E-state index in [1.54, 1.807) is 18.2 Å². The molecule has 0 saturated heterocycles. The maximum atomic E-state index is 13.1. The molecule has 0 radical (unpaired) electrons. The first kappa shape index (κ1) is 23.9.